The number of fused-ring (bicyclic) bond motifs is 6. The number of aromatic nitrogens is 3. The Balaban J connectivity index is 1.26. The maximum absolute atomic E-state index is 5.20. The van der Waals surface area contributed by atoms with Gasteiger partial charge < -0.3 is 0 Å². The van der Waals surface area contributed by atoms with Crippen molar-refractivity contribution in [2.75, 3.05) is 0 Å². The largest absolute Gasteiger partial charge is 0.296 e. The van der Waals surface area contributed by atoms with Crippen LogP contribution in [0, 0.1) is 0 Å². The van der Waals surface area contributed by atoms with E-state index >= 15 is 0 Å². The molecule has 0 amide bonds. The van der Waals surface area contributed by atoms with Gasteiger partial charge in [-0.05, 0) is 58.3 Å². The van der Waals surface area contributed by atoms with Crippen molar-refractivity contribution >= 4 is 43.5 Å². The summed E-state index contributed by atoms with van der Waals surface area (Å²) < 4.78 is 2.27. The first-order chi connectivity index (χ1) is 20.3. The summed E-state index contributed by atoms with van der Waals surface area (Å²) in [5, 5.41) is 6.13. The minimum Gasteiger partial charge on any atom is -0.296 e. The van der Waals surface area contributed by atoms with E-state index in [1.807, 2.05) is 6.07 Å². The lowest BCUT2D eigenvalue weighted by Gasteiger charge is -2.14. The third-order valence-electron chi connectivity index (χ3n) is 8.13. The van der Waals surface area contributed by atoms with Crippen LogP contribution in [0.1, 0.15) is 12.7 Å². The van der Waals surface area contributed by atoms with Crippen LogP contribution >= 0.6 is 0 Å². The third kappa shape index (κ3) is 3.81. The van der Waals surface area contributed by atoms with Crippen molar-refractivity contribution in [3.05, 3.63) is 139 Å². The Kier molecular flexibility index (Phi) is 5.42. The van der Waals surface area contributed by atoms with E-state index < -0.39 is 0 Å². The van der Waals surface area contributed by atoms with Gasteiger partial charge in [0, 0.05) is 33.8 Å². The monoisotopic (exact) mass is 525 g/mol. The average molecular weight is 526 g/mol. The van der Waals surface area contributed by atoms with Gasteiger partial charge in [-0.3, -0.25) is 4.57 Å². The lowest BCUT2D eigenvalue weighted by atomic mass is 9.94. The quantitative estimate of drug-likeness (QED) is 0.214. The van der Waals surface area contributed by atoms with Crippen LogP contribution in [0.5, 0.6) is 0 Å². The zero-order chi connectivity index (χ0) is 27.3. The number of hydrogen-bond donors (Lipinski definition) is 0. The van der Waals surface area contributed by atoms with Gasteiger partial charge in [0.25, 0.3) is 0 Å². The Bertz CT molecular complexity index is 2220. The van der Waals surface area contributed by atoms with Gasteiger partial charge in [-0.15, -0.1) is 0 Å². The highest BCUT2D eigenvalue weighted by molar-refractivity contribution is 6.22. The molecule has 194 valence electrons. The highest BCUT2D eigenvalue weighted by Crippen LogP contribution is 2.38. The van der Waals surface area contributed by atoms with E-state index in [2.05, 4.69) is 139 Å². The minimum absolute atomic E-state index is 0.875. The summed E-state index contributed by atoms with van der Waals surface area (Å²) in [6.07, 6.45) is 0.875. The topological polar surface area (TPSA) is 30.7 Å². The third-order valence-corrected chi connectivity index (χ3v) is 8.13. The lowest BCUT2D eigenvalue weighted by molar-refractivity contribution is 0.908. The summed E-state index contributed by atoms with van der Waals surface area (Å²) in [6, 6.07) is 47.5. The number of imidazole rings is 1. The van der Waals surface area contributed by atoms with Gasteiger partial charge in [0.1, 0.15) is 5.82 Å². The molecule has 0 aliphatic carbocycles. The van der Waals surface area contributed by atoms with Gasteiger partial charge in [0.15, 0.2) is 0 Å². The zero-order valence-corrected chi connectivity index (χ0v) is 22.8. The summed E-state index contributed by atoms with van der Waals surface area (Å²) in [5.41, 5.74) is 8.79. The molecule has 8 aromatic rings. The van der Waals surface area contributed by atoms with Gasteiger partial charge >= 0.3 is 0 Å². The van der Waals surface area contributed by atoms with Crippen LogP contribution in [0.4, 0.5) is 0 Å². The van der Waals surface area contributed by atoms with Crippen LogP contribution in [0.25, 0.3) is 71.6 Å². The van der Waals surface area contributed by atoms with Crippen molar-refractivity contribution in [2.45, 2.75) is 13.3 Å². The molecule has 0 fully saturated rings. The molecule has 0 saturated carbocycles. The fourth-order valence-corrected chi connectivity index (χ4v) is 6.19. The van der Waals surface area contributed by atoms with Crippen molar-refractivity contribution in [1.29, 1.82) is 0 Å². The maximum atomic E-state index is 5.20. The molecule has 0 aliphatic rings. The van der Waals surface area contributed by atoms with E-state index in [0.717, 1.165) is 45.7 Å². The Hall–Kier alpha value is -5.28. The van der Waals surface area contributed by atoms with Crippen LogP contribution in [0.2, 0.25) is 0 Å². The Morgan fingerprint density at radius 2 is 1.27 bits per heavy atom. The van der Waals surface area contributed by atoms with Gasteiger partial charge in [-0.25, -0.2) is 9.97 Å². The Labute approximate surface area is 238 Å². The lowest BCUT2D eigenvalue weighted by Crippen LogP contribution is -1.99. The van der Waals surface area contributed by atoms with Crippen LogP contribution < -0.4 is 0 Å². The van der Waals surface area contributed by atoms with Crippen LogP contribution in [-0.4, -0.2) is 14.5 Å². The predicted molar refractivity (Wildman–Crippen MR) is 172 cm³/mol. The number of hydrogen-bond acceptors (Lipinski definition) is 2. The number of pyridine rings is 1. The Morgan fingerprint density at radius 3 is 2.12 bits per heavy atom. The molecule has 2 heterocycles. The van der Waals surface area contributed by atoms with E-state index in [1.165, 1.54) is 38.1 Å². The number of nitrogens with zero attached hydrogens (tertiary/aromatic N) is 3. The van der Waals surface area contributed by atoms with Crippen molar-refractivity contribution in [3.63, 3.8) is 0 Å². The summed E-state index contributed by atoms with van der Waals surface area (Å²) in [4.78, 5) is 10.1. The second-order valence-electron chi connectivity index (χ2n) is 10.5. The first-order valence-corrected chi connectivity index (χ1v) is 14.2. The SMILES string of the molecule is CCc1nc2ccccc2n1-c1ccc(-c2cccc(-c3nc4ccccc4c4c3ccc3ccccc34)c2)cc1. The van der Waals surface area contributed by atoms with Gasteiger partial charge in [0.2, 0.25) is 0 Å². The normalized spacial score (nSPS) is 11.6. The molecule has 0 unspecified atom stereocenters. The Morgan fingerprint density at radius 1 is 0.537 bits per heavy atom. The molecule has 3 heteroatoms. The summed E-state index contributed by atoms with van der Waals surface area (Å²) in [7, 11) is 0. The van der Waals surface area contributed by atoms with Crippen molar-refractivity contribution in [1.82, 2.24) is 14.5 Å². The second-order valence-corrected chi connectivity index (χ2v) is 10.5. The molecule has 0 atom stereocenters. The molecule has 0 bridgehead atoms. The molecule has 2 aromatic heterocycles. The zero-order valence-electron chi connectivity index (χ0n) is 22.8. The smallest absolute Gasteiger partial charge is 0.114 e. The van der Waals surface area contributed by atoms with E-state index in [-0.39, 0.29) is 0 Å². The molecular formula is C38H27N3. The molecule has 0 radical (unpaired) electrons. The van der Waals surface area contributed by atoms with E-state index in [4.69, 9.17) is 9.97 Å². The molecular weight excluding hydrogens is 498 g/mol. The van der Waals surface area contributed by atoms with Gasteiger partial charge in [-0.1, -0.05) is 104 Å². The highest BCUT2D eigenvalue weighted by atomic mass is 15.1. The predicted octanol–water partition coefficient (Wildman–Crippen LogP) is 9.78. The fraction of sp³-hybridized carbons (Fsp3) is 0.0526. The van der Waals surface area contributed by atoms with Crippen LogP contribution in [0.15, 0.2) is 133 Å². The summed E-state index contributed by atoms with van der Waals surface area (Å²) in [6.45, 7) is 2.16. The molecule has 0 aliphatic heterocycles. The van der Waals surface area contributed by atoms with E-state index in [9.17, 15) is 0 Å². The van der Waals surface area contributed by atoms with Gasteiger partial charge in [0.05, 0.1) is 22.2 Å². The minimum atomic E-state index is 0.875. The molecule has 0 N–H and O–H groups in total. The average Bonchev–Trinajstić information content (AvgIpc) is 3.43. The van der Waals surface area contributed by atoms with Crippen LogP contribution in [-0.2, 0) is 6.42 Å². The summed E-state index contributed by atoms with van der Waals surface area (Å²) in [5.74, 6) is 1.07. The van der Waals surface area contributed by atoms with E-state index in [0.29, 0.717) is 0 Å². The number of para-hydroxylation sites is 3. The fourth-order valence-electron chi connectivity index (χ4n) is 6.19. The molecule has 41 heavy (non-hydrogen) atoms. The molecule has 0 spiro atoms. The second kappa shape index (κ2) is 9.42. The molecule has 0 saturated heterocycles. The maximum Gasteiger partial charge on any atom is 0.114 e. The number of aryl methyl sites for hydroxylation is 1. The van der Waals surface area contributed by atoms with Crippen molar-refractivity contribution in [2.24, 2.45) is 0 Å². The molecule has 8 rings (SSSR count). The molecule has 6 aromatic carbocycles. The van der Waals surface area contributed by atoms with Crippen molar-refractivity contribution in [3.8, 4) is 28.1 Å². The van der Waals surface area contributed by atoms with Crippen molar-refractivity contribution < 1.29 is 0 Å². The number of rotatable bonds is 4. The summed E-state index contributed by atoms with van der Waals surface area (Å²) >= 11 is 0. The van der Waals surface area contributed by atoms with Crippen LogP contribution in [0.3, 0.4) is 0 Å². The first kappa shape index (κ1) is 23.6. The highest BCUT2D eigenvalue weighted by Gasteiger charge is 2.14. The standard InChI is InChI=1S/C38H27N3/c1-2-36-39-34-16-7-8-17-35(34)41(36)29-21-18-25(19-22-29)27-11-9-12-28(24-27)38-32-23-20-26-10-3-4-13-30(26)37(32)31-14-5-6-15-33(31)40-38/h3-24H,2H2,1H3. The molecule has 3 nitrogen and oxygen atoms in total. The number of benzene rings is 6. The first-order valence-electron chi connectivity index (χ1n) is 14.2. The van der Waals surface area contributed by atoms with Gasteiger partial charge in [-0.2, -0.15) is 0 Å². The van der Waals surface area contributed by atoms with E-state index in [1.54, 1.807) is 0 Å².